The molecule has 0 atom stereocenters. The van der Waals surface area contributed by atoms with Gasteiger partial charge in [-0.05, 0) is 39.2 Å². The number of aromatic nitrogens is 2. The second kappa shape index (κ2) is 9.48. The summed E-state index contributed by atoms with van der Waals surface area (Å²) in [5.74, 6) is 0.171. The summed E-state index contributed by atoms with van der Waals surface area (Å²) >= 11 is 0. The molecule has 2 fully saturated rings. The van der Waals surface area contributed by atoms with Crippen molar-refractivity contribution in [2.45, 2.75) is 45.7 Å². The maximum absolute atomic E-state index is 13.0. The minimum atomic E-state index is 0.171. The summed E-state index contributed by atoms with van der Waals surface area (Å²) < 4.78 is 12.7. The molecule has 0 N–H and O–H groups in total. The van der Waals surface area contributed by atoms with Crippen LogP contribution in [0.5, 0.6) is 0 Å². The zero-order valence-electron chi connectivity index (χ0n) is 16.2. The molecule has 0 aliphatic carbocycles. The summed E-state index contributed by atoms with van der Waals surface area (Å²) in [6, 6.07) is 2.31. The van der Waals surface area contributed by atoms with Gasteiger partial charge in [0.1, 0.15) is 6.54 Å². The smallest absolute Gasteiger partial charge is 0.244 e. The Hall–Kier alpha value is -1.44. The maximum Gasteiger partial charge on any atom is 0.244 e. The number of rotatable bonds is 7. The van der Waals surface area contributed by atoms with Gasteiger partial charge in [-0.2, -0.15) is 5.10 Å². The van der Waals surface area contributed by atoms with Gasteiger partial charge < -0.3 is 14.4 Å². The van der Waals surface area contributed by atoms with Crippen molar-refractivity contribution in [1.29, 1.82) is 0 Å². The van der Waals surface area contributed by atoms with Crippen LogP contribution in [0.2, 0.25) is 0 Å². The number of nitrogens with zero attached hydrogens (tertiary/aromatic N) is 4. The first-order valence-corrected chi connectivity index (χ1v) is 9.82. The minimum absolute atomic E-state index is 0.171. The fourth-order valence-corrected chi connectivity index (χ4v) is 3.85. The molecule has 1 aromatic heterocycles. The van der Waals surface area contributed by atoms with Crippen LogP contribution in [0, 0.1) is 13.8 Å². The van der Waals surface area contributed by atoms with Gasteiger partial charge in [0.2, 0.25) is 5.91 Å². The molecule has 7 nitrogen and oxygen atoms in total. The number of amides is 1. The van der Waals surface area contributed by atoms with Crippen molar-refractivity contribution >= 4 is 5.91 Å². The highest BCUT2D eigenvalue weighted by molar-refractivity contribution is 5.76. The van der Waals surface area contributed by atoms with Gasteiger partial charge in [-0.1, -0.05) is 0 Å². The molecule has 0 saturated carbocycles. The highest BCUT2D eigenvalue weighted by Gasteiger charge is 2.26. The van der Waals surface area contributed by atoms with Gasteiger partial charge >= 0.3 is 0 Å². The van der Waals surface area contributed by atoms with E-state index in [1.54, 1.807) is 0 Å². The Bertz CT molecular complexity index is 577. The van der Waals surface area contributed by atoms with Gasteiger partial charge in [0, 0.05) is 51.1 Å². The zero-order chi connectivity index (χ0) is 18.4. The van der Waals surface area contributed by atoms with Crippen molar-refractivity contribution in [2.24, 2.45) is 0 Å². The van der Waals surface area contributed by atoms with Gasteiger partial charge in [0.15, 0.2) is 0 Å². The first-order valence-electron chi connectivity index (χ1n) is 9.82. The molecule has 26 heavy (non-hydrogen) atoms. The van der Waals surface area contributed by atoms with E-state index in [4.69, 9.17) is 9.47 Å². The SMILES string of the molecule is Cc1cc(C)n(CC(=O)N(CCCN2CCOCC2)C2CCOCC2)n1. The van der Waals surface area contributed by atoms with Crippen LogP contribution >= 0.6 is 0 Å². The van der Waals surface area contributed by atoms with Gasteiger partial charge in [-0.15, -0.1) is 0 Å². The number of hydrogen-bond acceptors (Lipinski definition) is 5. The first-order chi connectivity index (χ1) is 12.6. The van der Waals surface area contributed by atoms with E-state index in [2.05, 4.69) is 14.9 Å². The number of carbonyl (C=O) groups excluding carboxylic acids is 1. The second-order valence-corrected chi connectivity index (χ2v) is 7.32. The molecule has 2 aliphatic heterocycles. The Kier molecular flexibility index (Phi) is 7.05. The van der Waals surface area contributed by atoms with E-state index in [1.165, 1.54) is 0 Å². The molecule has 0 unspecified atom stereocenters. The van der Waals surface area contributed by atoms with E-state index in [0.717, 1.165) is 83.3 Å². The number of hydrogen-bond donors (Lipinski definition) is 0. The summed E-state index contributed by atoms with van der Waals surface area (Å²) in [6.07, 6.45) is 2.86. The molecular weight excluding hydrogens is 332 g/mol. The van der Waals surface area contributed by atoms with E-state index in [0.29, 0.717) is 6.54 Å². The molecule has 146 valence electrons. The van der Waals surface area contributed by atoms with Crippen LogP contribution < -0.4 is 0 Å². The van der Waals surface area contributed by atoms with Crippen LogP contribution in [0.1, 0.15) is 30.7 Å². The molecule has 0 radical (unpaired) electrons. The lowest BCUT2D eigenvalue weighted by Crippen LogP contribution is -2.46. The predicted molar refractivity (Wildman–Crippen MR) is 99.1 cm³/mol. The average molecular weight is 364 g/mol. The van der Waals surface area contributed by atoms with Crippen molar-refractivity contribution in [3.8, 4) is 0 Å². The fourth-order valence-electron chi connectivity index (χ4n) is 3.85. The third kappa shape index (κ3) is 5.28. The average Bonchev–Trinajstić information content (AvgIpc) is 2.97. The number of ether oxygens (including phenoxy) is 2. The van der Waals surface area contributed by atoms with Crippen molar-refractivity contribution < 1.29 is 14.3 Å². The van der Waals surface area contributed by atoms with Crippen molar-refractivity contribution in [3.63, 3.8) is 0 Å². The standard InChI is InChI=1S/C19H32N4O3/c1-16-14-17(2)23(20-16)15-19(24)22(18-4-10-25-11-5-18)7-3-6-21-8-12-26-13-9-21/h14,18H,3-13,15H2,1-2H3. The molecule has 0 bridgehead atoms. The van der Waals surface area contributed by atoms with Crippen LogP contribution in [0.3, 0.4) is 0 Å². The topological polar surface area (TPSA) is 59.8 Å². The van der Waals surface area contributed by atoms with E-state index in [9.17, 15) is 4.79 Å². The predicted octanol–water partition coefficient (Wildman–Crippen LogP) is 1.23. The Morgan fingerprint density at radius 3 is 2.54 bits per heavy atom. The first kappa shape index (κ1) is 19.3. The third-order valence-corrected chi connectivity index (χ3v) is 5.32. The van der Waals surface area contributed by atoms with Crippen LogP contribution in [0.4, 0.5) is 0 Å². The van der Waals surface area contributed by atoms with Gasteiger partial charge in [0.25, 0.3) is 0 Å². The number of carbonyl (C=O) groups is 1. The molecule has 7 heteroatoms. The highest BCUT2D eigenvalue weighted by atomic mass is 16.5. The third-order valence-electron chi connectivity index (χ3n) is 5.32. The van der Waals surface area contributed by atoms with Gasteiger partial charge in [-0.3, -0.25) is 14.4 Å². The van der Waals surface area contributed by atoms with Crippen molar-refractivity contribution in [2.75, 3.05) is 52.6 Å². The molecule has 3 heterocycles. The molecule has 0 aromatic carbocycles. The van der Waals surface area contributed by atoms with Crippen LogP contribution in [0.25, 0.3) is 0 Å². The molecule has 2 saturated heterocycles. The Morgan fingerprint density at radius 1 is 1.19 bits per heavy atom. The van der Waals surface area contributed by atoms with E-state index in [-0.39, 0.29) is 11.9 Å². The summed E-state index contributed by atoms with van der Waals surface area (Å²) in [4.78, 5) is 17.6. The second-order valence-electron chi connectivity index (χ2n) is 7.32. The number of morpholine rings is 1. The Labute approximate surface area is 156 Å². The molecule has 1 aromatic rings. The highest BCUT2D eigenvalue weighted by Crippen LogP contribution is 2.16. The monoisotopic (exact) mass is 364 g/mol. The van der Waals surface area contributed by atoms with Gasteiger partial charge in [-0.25, -0.2) is 0 Å². The lowest BCUT2D eigenvalue weighted by molar-refractivity contribution is -0.136. The Morgan fingerprint density at radius 2 is 1.88 bits per heavy atom. The molecular formula is C19H32N4O3. The fraction of sp³-hybridized carbons (Fsp3) is 0.789. The van der Waals surface area contributed by atoms with Crippen molar-refractivity contribution in [1.82, 2.24) is 19.6 Å². The number of aryl methyl sites for hydroxylation is 2. The largest absolute Gasteiger partial charge is 0.381 e. The van der Waals surface area contributed by atoms with E-state index in [1.807, 2.05) is 24.6 Å². The molecule has 0 spiro atoms. The lowest BCUT2D eigenvalue weighted by atomic mass is 10.1. The van der Waals surface area contributed by atoms with E-state index >= 15 is 0 Å². The van der Waals surface area contributed by atoms with Crippen molar-refractivity contribution in [3.05, 3.63) is 17.5 Å². The van der Waals surface area contributed by atoms with Crippen LogP contribution in [-0.2, 0) is 20.8 Å². The quantitative estimate of drug-likeness (QED) is 0.728. The Balaban J connectivity index is 1.58. The summed E-state index contributed by atoms with van der Waals surface area (Å²) in [5.41, 5.74) is 2.00. The summed E-state index contributed by atoms with van der Waals surface area (Å²) in [6.45, 7) is 11.3. The molecule has 3 rings (SSSR count). The zero-order valence-corrected chi connectivity index (χ0v) is 16.2. The van der Waals surface area contributed by atoms with Gasteiger partial charge in [0.05, 0.1) is 18.9 Å². The summed E-state index contributed by atoms with van der Waals surface area (Å²) in [7, 11) is 0. The van der Waals surface area contributed by atoms with Crippen LogP contribution in [-0.4, -0.2) is 84.1 Å². The lowest BCUT2D eigenvalue weighted by Gasteiger charge is -2.35. The maximum atomic E-state index is 13.0. The summed E-state index contributed by atoms with van der Waals surface area (Å²) in [5, 5.41) is 4.45. The molecule has 2 aliphatic rings. The van der Waals surface area contributed by atoms with Crippen LogP contribution in [0.15, 0.2) is 6.07 Å². The minimum Gasteiger partial charge on any atom is -0.381 e. The van der Waals surface area contributed by atoms with E-state index < -0.39 is 0 Å². The normalized spacial score (nSPS) is 19.6. The molecule has 1 amide bonds.